The van der Waals surface area contributed by atoms with Gasteiger partial charge in [-0.2, -0.15) is 0 Å². The monoisotopic (exact) mass is 320 g/mol. The molecule has 1 fully saturated rings. The predicted octanol–water partition coefficient (Wildman–Crippen LogP) is 5.67. The lowest BCUT2D eigenvalue weighted by molar-refractivity contribution is -0.137. The summed E-state index contributed by atoms with van der Waals surface area (Å²) in [5.41, 5.74) is 3.54. The minimum atomic E-state index is -0.716. The van der Waals surface area contributed by atoms with Crippen LogP contribution >= 0.6 is 0 Å². The van der Waals surface area contributed by atoms with Crippen LogP contribution in [0.25, 0.3) is 0 Å². The summed E-state index contributed by atoms with van der Waals surface area (Å²) in [6.45, 7) is 9.57. The quantitative estimate of drug-likeness (QED) is 0.726. The molecule has 1 saturated heterocycles. The van der Waals surface area contributed by atoms with Crippen LogP contribution < -0.4 is 0 Å². The van der Waals surface area contributed by atoms with Crippen LogP contribution in [-0.2, 0) is 11.2 Å². The molecule has 1 aromatic rings. The number of hydrogen-bond donors (Lipinski definition) is 1. The number of aliphatic carboxylic acids is 1. The molecular formula is C19H32O2Si. The largest absolute Gasteiger partial charge is 0.481 e. The van der Waals surface area contributed by atoms with Crippen molar-refractivity contribution in [2.75, 3.05) is 0 Å². The van der Waals surface area contributed by atoms with E-state index >= 15 is 0 Å². The average Bonchev–Trinajstić information content (AvgIpc) is 2.45. The molecule has 0 aromatic heterocycles. The fourth-order valence-corrected chi connectivity index (χ4v) is 5.51. The Morgan fingerprint density at radius 3 is 2.32 bits per heavy atom. The van der Waals surface area contributed by atoms with Crippen LogP contribution in [0.4, 0.5) is 0 Å². The van der Waals surface area contributed by atoms with Gasteiger partial charge in [-0.3, -0.25) is 4.79 Å². The average molecular weight is 321 g/mol. The molecule has 2 rings (SSSR count). The van der Waals surface area contributed by atoms with Gasteiger partial charge in [0.1, 0.15) is 0 Å². The molecule has 1 unspecified atom stereocenters. The van der Waals surface area contributed by atoms with Crippen LogP contribution in [0, 0.1) is 6.92 Å². The summed E-state index contributed by atoms with van der Waals surface area (Å²) >= 11 is 0. The molecule has 1 aliphatic heterocycles. The fourth-order valence-electron chi connectivity index (χ4n) is 2.87. The van der Waals surface area contributed by atoms with Crippen molar-refractivity contribution in [2.45, 2.75) is 77.1 Å². The lowest BCUT2D eigenvalue weighted by atomic mass is 10.1. The number of carboxylic acid groups (broad SMARTS) is 1. The summed E-state index contributed by atoms with van der Waals surface area (Å²) in [6.07, 6.45) is 6.36. The van der Waals surface area contributed by atoms with Crippen LogP contribution in [-0.4, -0.2) is 19.1 Å². The second-order valence-corrected chi connectivity index (χ2v) is 12.8. The zero-order valence-corrected chi connectivity index (χ0v) is 15.7. The molecular weight excluding hydrogens is 288 g/mol. The molecule has 1 aromatic carbocycles. The molecule has 124 valence electrons. The minimum Gasteiger partial charge on any atom is -0.481 e. The number of rotatable bonds is 4. The SMILES string of the molecule is CC1CCCC[Si]1(C)C.Cc1ccc(CCCC(=O)O)cc1. The van der Waals surface area contributed by atoms with Crippen molar-refractivity contribution >= 4 is 14.0 Å². The summed E-state index contributed by atoms with van der Waals surface area (Å²) in [4.78, 5) is 10.2. The lowest BCUT2D eigenvalue weighted by Gasteiger charge is -2.34. The van der Waals surface area contributed by atoms with Crippen LogP contribution in [0.1, 0.15) is 50.2 Å². The Hall–Kier alpha value is -1.09. The minimum absolute atomic E-state index is 0.258. The van der Waals surface area contributed by atoms with Gasteiger partial charge in [0.05, 0.1) is 8.07 Å². The zero-order chi connectivity index (χ0) is 16.6. The number of carbonyl (C=O) groups is 1. The third-order valence-corrected chi connectivity index (χ3v) is 9.62. The van der Waals surface area contributed by atoms with E-state index in [4.69, 9.17) is 5.11 Å². The maximum absolute atomic E-state index is 10.2. The molecule has 22 heavy (non-hydrogen) atoms. The van der Waals surface area contributed by atoms with Gasteiger partial charge >= 0.3 is 5.97 Å². The van der Waals surface area contributed by atoms with E-state index in [1.807, 2.05) is 6.92 Å². The molecule has 1 N–H and O–H groups in total. The van der Waals surface area contributed by atoms with E-state index in [2.05, 4.69) is 44.3 Å². The van der Waals surface area contributed by atoms with Crippen molar-refractivity contribution < 1.29 is 9.90 Å². The highest BCUT2D eigenvalue weighted by Gasteiger charge is 2.30. The Bertz CT molecular complexity index is 451. The second-order valence-electron chi connectivity index (χ2n) is 7.37. The Morgan fingerprint density at radius 2 is 1.86 bits per heavy atom. The van der Waals surface area contributed by atoms with Crippen molar-refractivity contribution in [1.82, 2.24) is 0 Å². The first kappa shape index (κ1) is 19.0. The molecule has 1 aliphatic rings. The van der Waals surface area contributed by atoms with E-state index in [1.54, 1.807) is 6.04 Å². The number of hydrogen-bond acceptors (Lipinski definition) is 1. The van der Waals surface area contributed by atoms with E-state index in [0.717, 1.165) is 18.4 Å². The van der Waals surface area contributed by atoms with E-state index in [0.29, 0.717) is 0 Å². The van der Waals surface area contributed by atoms with Crippen LogP contribution in [0.2, 0.25) is 24.7 Å². The van der Waals surface area contributed by atoms with Gasteiger partial charge in [-0.05, 0) is 30.9 Å². The molecule has 0 aliphatic carbocycles. The van der Waals surface area contributed by atoms with Crippen molar-refractivity contribution in [3.63, 3.8) is 0 Å². The third-order valence-electron chi connectivity index (χ3n) is 5.02. The zero-order valence-electron chi connectivity index (χ0n) is 14.7. The Kier molecular flexibility index (Phi) is 7.87. The topological polar surface area (TPSA) is 37.3 Å². The summed E-state index contributed by atoms with van der Waals surface area (Å²) < 4.78 is 0. The lowest BCUT2D eigenvalue weighted by Crippen LogP contribution is -2.33. The molecule has 1 heterocycles. The van der Waals surface area contributed by atoms with Gasteiger partial charge in [0.2, 0.25) is 0 Å². The smallest absolute Gasteiger partial charge is 0.303 e. The molecule has 3 heteroatoms. The second kappa shape index (κ2) is 9.14. The molecule has 0 bridgehead atoms. The van der Waals surface area contributed by atoms with Gasteiger partial charge < -0.3 is 5.11 Å². The highest BCUT2D eigenvalue weighted by atomic mass is 28.3. The standard InChI is InChI=1S/C11H14O2.C8H18Si/c1-9-5-7-10(8-6-9)3-2-4-11(12)13;1-8-6-4-5-7-9(8,2)3/h5-8H,2-4H2,1H3,(H,12,13);8H,4-7H2,1-3H3. The normalized spacial score (nSPS) is 19.9. The van der Waals surface area contributed by atoms with Gasteiger partial charge in [-0.1, -0.05) is 75.2 Å². The Morgan fingerprint density at radius 1 is 1.23 bits per heavy atom. The highest BCUT2D eigenvalue weighted by molar-refractivity contribution is 6.78. The third kappa shape index (κ3) is 7.26. The summed E-state index contributed by atoms with van der Waals surface area (Å²) in [7, 11) is -0.694. The number of carboxylic acids is 1. The van der Waals surface area contributed by atoms with E-state index in [1.165, 1.54) is 30.4 Å². The van der Waals surface area contributed by atoms with Crippen molar-refractivity contribution in [1.29, 1.82) is 0 Å². The first-order valence-electron chi connectivity index (χ1n) is 8.58. The number of aryl methyl sites for hydroxylation is 2. The predicted molar refractivity (Wildman–Crippen MR) is 97.3 cm³/mol. The van der Waals surface area contributed by atoms with Crippen molar-refractivity contribution in [3.8, 4) is 0 Å². The van der Waals surface area contributed by atoms with E-state index in [9.17, 15) is 4.79 Å². The van der Waals surface area contributed by atoms with Crippen LogP contribution in [0.5, 0.6) is 0 Å². The van der Waals surface area contributed by atoms with Crippen LogP contribution in [0.15, 0.2) is 24.3 Å². The van der Waals surface area contributed by atoms with Crippen LogP contribution in [0.3, 0.4) is 0 Å². The van der Waals surface area contributed by atoms with Gasteiger partial charge in [-0.15, -0.1) is 0 Å². The van der Waals surface area contributed by atoms with Gasteiger partial charge in [0.15, 0.2) is 0 Å². The Labute approximate surface area is 137 Å². The fraction of sp³-hybridized carbons (Fsp3) is 0.632. The number of benzene rings is 1. The maximum Gasteiger partial charge on any atom is 0.303 e. The molecule has 0 spiro atoms. The summed E-state index contributed by atoms with van der Waals surface area (Å²) in [5.74, 6) is -0.716. The van der Waals surface area contributed by atoms with E-state index < -0.39 is 14.0 Å². The molecule has 0 saturated carbocycles. The molecule has 1 atom stereocenters. The first-order valence-corrected chi connectivity index (χ1v) is 11.9. The van der Waals surface area contributed by atoms with E-state index in [-0.39, 0.29) is 6.42 Å². The summed E-state index contributed by atoms with van der Waals surface area (Å²) in [5, 5.41) is 8.44. The summed E-state index contributed by atoms with van der Waals surface area (Å²) in [6, 6.07) is 9.79. The van der Waals surface area contributed by atoms with Crippen molar-refractivity contribution in [3.05, 3.63) is 35.4 Å². The van der Waals surface area contributed by atoms with Crippen molar-refractivity contribution in [2.24, 2.45) is 0 Å². The van der Waals surface area contributed by atoms with Gasteiger partial charge in [-0.25, -0.2) is 0 Å². The van der Waals surface area contributed by atoms with Gasteiger partial charge in [0.25, 0.3) is 0 Å². The highest BCUT2D eigenvalue weighted by Crippen LogP contribution is 2.36. The maximum atomic E-state index is 10.2. The van der Waals surface area contributed by atoms with Gasteiger partial charge in [0, 0.05) is 6.42 Å². The molecule has 0 radical (unpaired) electrons. The Balaban J connectivity index is 0.000000235. The molecule has 0 amide bonds. The molecule has 2 nitrogen and oxygen atoms in total. The first-order chi connectivity index (χ1) is 10.3.